The molecule has 1 N–H and O–H groups in total. The fourth-order valence-electron chi connectivity index (χ4n) is 7.02. The van der Waals surface area contributed by atoms with Crippen LogP contribution in [0, 0.1) is 167 Å². The average molecular weight is 986 g/mol. The summed E-state index contributed by atoms with van der Waals surface area (Å²) in [5.74, 6) is 1.25. The first-order chi connectivity index (χ1) is 26.9. The molecule has 8 heteroatoms. The monoisotopic (exact) mass is 986 g/mol. The standard InChI is InChI=1S/C21H16P.C19H23NO.C9H12.C2H5.3Ar.ClH.Ru/c1-14-10-11-15-6-2-4-8-17(15)20(14)21-18-9-5-3-7-16(18)12-13-19(21)22;1-14(2)13-19(20,16-7-5-15(3)6-8-16)17-9-11-18(21-4)12-10-17;1-7-4-8(2)6-9(3)5-7;1-2;;;;;/h2-13H,1,22H2;5-7,9-12,14,20H,13H2,1-4H3;4-6H,1-3H3;1H2,2H3;;;;1H;/q-1;-2;;-1;;;;;+1/p-1. The maximum absolute atomic E-state index is 9.06. The molecule has 59 heavy (non-hydrogen) atoms. The van der Waals surface area contributed by atoms with Gasteiger partial charge in [-0.15, -0.1) is 20.9 Å². The van der Waals surface area contributed by atoms with Crippen LogP contribution in [0.4, 0.5) is 0 Å². The zero-order valence-corrected chi connectivity index (χ0v) is 40.9. The first kappa shape index (κ1) is 58.8. The molecule has 0 spiro atoms. The van der Waals surface area contributed by atoms with Crippen molar-refractivity contribution in [1.29, 1.82) is 0 Å². The first-order valence-corrected chi connectivity index (χ1v) is 21.6. The van der Waals surface area contributed by atoms with E-state index in [2.05, 4.69) is 171 Å². The summed E-state index contributed by atoms with van der Waals surface area (Å²) in [6.45, 7) is 22.0. The number of benzene rings is 7. The second-order valence-corrected chi connectivity index (χ2v) is 14.9. The molecule has 0 saturated heterocycles. The van der Waals surface area contributed by atoms with Gasteiger partial charge in [-0.3, -0.25) is 0 Å². The third-order valence-electron chi connectivity index (χ3n) is 9.32. The number of rotatable bonds is 6. The van der Waals surface area contributed by atoms with Gasteiger partial charge in [0.1, 0.15) is 5.75 Å². The Bertz CT molecular complexity index is 2150. The van der Waals surface area contributed by atoms with Gasteiger partial charge in [-0.25, -0.2) is 0 Å². The van der Waals surface area contributed by atoms with Crippen LogP contribution in [0.15, 0.2) is 133 Å². The van der Waals surface area contributed by atoms with Gasteiger partial charge >= 0.3 is 27.0 Å². The minimum atomic E-state index is -0.770. The number of aryl methyl sites for hydroxylation is 4. The van der Waals surface area contributed by atoms with Crippen LogP contribution in [0.3, 0.4) is 0 Å². The van der Waals surface area contributed by atoms with Crippen molar-refractivity contribution in [3.05, 3.63) is 198 Å². The van der Waals surface area contributed by atoms with Crippen molar-refractivity contribution in [1.82, 2.24) is 0 Å². The Kier molecular flexibility index (Phi) is 29.9. The van der Waals surface area contributed by atoms with E-state index >= 15 is 0 Å². The summed E-state index contributed by atoms with van der Waals surface area (Å²) < 4.78 is 5.22. The van der Waals surface area contributed by atoms with Crippen LogP contribution in [0.2, 0.25) is 0 Å². The van der Waals surface area contributed by atoms with E-state index in [0.717, 1.165) is 28.9 Å². The van der Waals surface area contributed by atoms with E-state index in [4.69, 9.17) is 10.5 Å². The number of hydrogen-bond donors (Lipinski definition) is 0. The molecule has 319 valence electrons. The van der Waals surface area contributed by atoms with Gasteiger partial charge in [0.2, 0.25) is 0 Å². The number of nitrogens with one attached hydrogen (secondary N) is 1. The summed E-state index contributed by atoms with van der Waals surface area (Å²) in [6.07, 6.45) is 0.763. The van der Waals surface area contributed by atoms with Crippen LogP contribution >= 0.6 is 18.9 Å². The van der Waals surface area contributed by atoms with Gasteiger partial charge in [0.15, 0.2) is 0 Å². The molecule has 0 aliphatic heterocycles. The molecule has 2 atom stereocenters. The van der Waals surface area contributed by atoms with Gasteiger partial charge in [0.25, 0.3) is 0 Å². The van der Waals surface area contributed by atoms with Crippen molar-refractivity contribution < 1.29 is 135 Å². The van der Waals surface area contributed by atoms with Gasteiger partial charge in [0, 0.05) is 113 Å². The zero-order valence-electron chi connectivity index (χ0n) is 35.2. The Balaban J connectivity index is 0.000000852. The molecule has 0 aliphatic rings. The molecule has 2 nitrogen and oxygen atoms in total. The first-order valence-electron chi connectivity index (χ1n) is 18.8. The molecule has 0 radical (unpaired) electrons. The molecule has 0 aromatic heterocycles. The molecular weight excluding hydrogens is 930 g/mol. The second kappa shape index (κ2) is 30.0. The fraction of sp³-hybridized carbons (Fsp3) is 0.216. The SMILES string of the molecule is COc1ccc(C([NH-])(CC(C)C)c2[c-]cc(C)cc2)cc1.Cc1cc(C)cc(C)c1.[Ar].[Ar].[Ar].[CH2-]C.[CH2-]c1ccc2ccccc2c1-c1c(P)ccc2ccccc12.[Cl][Ru]. The van der Waals surface area contributed by atoms with Gasteiger partial charge in [-0.05, 0) is 60.3 Å². The van der Waals surface area contributed by atoms with E-state index in [1.165, 1.54) is 60.2 Å². The van der Waals surface area contributed by atoms with E-state index in [9.17, 15) is 0 Å². The van der Waals surface area contributed by atoms with Gasteiger partial charge in [-0.2, -0.15) is 60.9 Å². The molecule has 7 rings (SSSR count). The van der Waals surface area contributed by atoms with E-state index in [1.54, 1.807) is 14.0 Å². The van der Waals surface area contributed by atoms with E-state index < -0.39 is 5.54 Å². The Morgan fingerprint density at radius 1 is 0.678 bits per heavy atom. The van der Waals surface area contributed by atoms with E-state index in [1.807, 2.05) is 60.6 Å². The number of fused-ring (bicyclic) bond motifs is 2. The molecule has 7 aromatic carbocycles. The van der Waals surface area contributed by atoms with Crippen LogP contribution in [0.25, 0.3) is 38.4 Å². The molecular formula is C51H56Ar3ClNOPRu-4. The molecule has 0 amide bonds. The minimum absolute atomic E-state index is 0. The summed E-state index contributed by atoms with van der Waals surface area (Å²) >= 11 is 1.82. The summed E-state index contributed by atoms with van der Waals surface area (Å²) in [4.78, 5) is 0. The third kappa shape index (κ3) is 17.0. The Morgan fingerprint density at radius 2 is 1.15 bits per heavy atom. The van der Waals surface area contributed by atoms with Crippen molar-refractivity contribution in [2.75, 3.05) is 7.11 Å². The summed E-state index contributed by atoms with van der Waals surface area (Å²) in [6, 6.07) is 49.4. The molecule has 2 unspecified atom stereocenters. The fourth-order valence-corrected chi connectivity index (χ4v) is 7.42. The quantitative estimate of drug-likeness (QED) is 0.0928. The Hall–Kier alpha value is -0.187. The Morgan fingerprint density at radius 3 is 1.61 bits per heavy atom. The molecule has 0 aliphatic carbocycles. The molecule has 0 bridgehead atoms. The van der Waals surface area contributed by atoms with E-state index in [-0.39, 0.29) is 113 Å². The van der Waals surface area contributed by atoms with Crippen molar-refractivity contribution >= 4 is 45.8 Å². The molecule has 0 saturated carbocycles. The number of methoxy groups -OCH3 is 1. The van der Waals surface area contributed by atoms with Crippen molar-refractivity contribution in [2.45, 2.75) is 60.4 Å². The predicted molar refractivity (Wildman–Crippen MR) is 246 cm³/mol. The van der Waals surface area contributed by atoms with Crippen LogP contribution in [-0.2, 0) is 22.9 Å². The van der Waals surface area contributed by atoms with Crippen LogP contribution in [0.1, 0.15) is 66.1 Å². The third-order valence-corrected chi connectivity index (χ3v) is 9.80. The van der Waals surface area contributed by atoms with Crippen LogP contribution < -0.4 is 10.0 Å². The second-order valence-electron chi connectivity index (χ2n) is 14.2. The molecule has 0 heterocycles. The number of ether oxygens (including phenoxy) is 1. The normalized spacial score (nSPS) is 10.8. The van der Waals surface area contributed by atoms with Crippen LogP contribution in [0.5, 0.6) is 5.75 Å². The maximum atomic E-state index is 9.06. The Labute approximate surface area is 462 Å². The van der Waals surface area contributed by atoms with Gasteiger partial charge in [-0.1, -0.05) is 157 Å². The summed E-state index contributed by atoms with van der Waals surface area (Å²) in [7, 11) is 9.10. The van der Waals surface area contributed by atoms with Gasteiger partial charge in [0.05, 0.1) is 7.11 Å². The van der Waals surface area contributed by atoms with Crippen LogP contribution in [-0.4, -0.2) is 7.11 Å². The molecule has 0 fully saturated rings. The predicted octanol–water partition coefficient (Wildman–Crippen LogP) is 14.6. The average Bonchev–Trinajstić information content (AvgIpc) is 3.20. The van der Waals surface area contributed by atoms with Crippen molar-refractivity contribution in [3.63, 3.8) is 0 Å². The molecule has 7 aromatic rings. The van der Waals surface area contributed by atoms with Crippen molar-refractivity contribution in [3.8, 4) is 16.9 Å². The van der Waals surface area contributed by atoms with Gasteiger partial charge < -0.3 is 17.4 Å². The van der Waals surface area contributed by atoms with E-state index in [0.29, 0.717) is 5.92 Å². The topological polar surface area (TPSA) is 33.0 Å². The van der Waals surface area contributed by atoms with Crippen molar-refractivity contribution in [2.24, 2.45) is 5.92 Å². The number of hydrogen-bond acceptors (Lipinski definition) is 1. The zero-order chi connectivity index (χ0) is 41.4. The number of halogens is 1. The summed E-state index contributed by atoms with van der Waals surface area (Å²) in [5, 5.41) is 6.25. The summed E-state index contributed by atoms with van der Waals surface area (Å²) in [5.41, 5.74) is 19.0.